The monoisotopic (exact) mass is 316 g/mol. The fourth-order valence-corrected chi connectivity index (χ4v) is 3.60. The zero-order chi connectivity index (χ0) is 14.9. The van der Waals surface area contributed by atoms with Crippen molar-refractivity contribution >= 4 is 34.6 Å². The van der Waals surface area contributed by atoms with E-state index in [1.807, 2.05) is 0 Å². The number of nitrogens with zero attached hydrogens (tertiary/aromatic N) is 1. The Hall–Kier alpha value is -1.00. The van der Waals surface area contributed by atoms with Crippen molar-refractivity contribution < 1.29 is 4.92 Å². The number of nitro benzene ring substituents is 1. The molecule has 6 heteroatoms. The average molecular weight is 317 g/mol. The standard InChI is InChI=1S/C14H18Cl2N2O2/c1-3-9-4-5-13(8(9)2)17-14-11(15)6-10(18(19)20)7-12(14)16/h6-9,13,17H,3-5H2,1-2H3. The van der Waals surface area contributed by atoms with Crippen molar-refractivity contribution in [2.45, 2.75) is 39.2 Å². The maximum atomic E-state index is 10.8. The number of hydrogen-bond donors (Lipinski definition) is 1. The van der Waals surface area contributed by atoms with Crippen LogP contribution in [0.25, 0.3) is 0 Å². The van der Waals surface area contributed by atoms with E-state index in [2.05, 4.69) is 19.2 Å². The van der Waals surface area contributed by atoms with Crippen molar-refractivity contribution in [1.82, 2.24) is 0 Å². The number of anilines is 1. The lowest BCUT2D eigenvalue weighted by Gasteiger charge is -2.23. The van der Waals surface area contributed by atoms with Crippen molar-refractivity contribution in [3.63, 3.8) is 0 Å². The predicted octanol–water partition coefficient (Wildman–Crippen LogP) is 5.14. The van der Waals surface area contributed by atoms with Crippen LogP contribution < -0.4 is 5.32 Å². The average Bonchev–Trinajstić information content (AvgIpc) is 2.74. The molecule has 1 fully saturated rings. The van der Waals surface area contributed by atoms with Crippen molar-refractivity contribution in [2.24, 2.45) is 11.8 Å². The van der Waals surface area contributed by atoms with Gasteiger partial charge in [0.05, 0.1) is 20.7 Å². The first-order valence-corrected chi connectivity index (χ1v) is 7.59. The highest BCUT2D eigenvalue weighted by Crippen LogP contribution is 2.40. The Morgan fingerprint density at radius 2 is 1.95 bits per heavy atom. The van der Waals surface area contributed by atoms with E-state index in [-0.39, 0.29) is 5.69 Å². The summed E-state index contributed by atoms with van der Waals surface area (Å²) in [6.45, 7) is 4.43. The molecule has 1 N–H and O–H groups in total. The summed E-state index contributed by atoms with van der Waals surface area (Å²) in [5.74, 6) is 1.26. The minimum absolute atomic E-state index is 0.0866. The number of non-ortho nitro benzene ring substituents is 1. The van der Waals surface area contributed by atoms with Gasteiger partial charge in [-0.2, -0.15) is 0 Å². The first-order valence-electron chi connectivity index (χ1n) is 6.84. The Morgan fingerprint density at radius 3 is 2.40 bits per heavy atom. The van der Waals surface area contributed by atoms with E-state index in [1.54, 1.807) is 0 Å². The first kappa shape index (κ1) is 15.4. The smallest absolute Gasteiger partial charge is 0.272 e. The van der Waals surface area contributed by atoms with Gasteiger partial charge in [-0.1, -0.05) is 43.5 Å². The lowest BCUT2D eigenvalue weighted by molar-refractivity contribution is -0.384. The van der Waals surface area contributed by atoms with Crippen LogP contribution in [-0.4, -0.2) is 11.0 Å². The van der Waals surface area contributed by atoms with Gasteiger partial charge in [0, 0.05) is 18.2 Å². The molecule has 3 atom stereocenters. The molecule has 3 unspecified atom stereocenters. The van der Waals surface area contributed by atoms with Crippen LogP contribution in [0.5, 0.6) is 0 Å². The second kappa shape index (κ2) is 6.19. The molecule has 0 amide bonds. The van der Waals surface area contributed by atoms with Gasteiger partial charge in [-0.3, -0.25) is 10.1 Å². The zero-order valence-electron chi connectivity index (χ0n) is 11.5. The largest absolute Gasteiger partial charge is 0.380 e. The van der Waals surface area contributed by atoms with Crippen LogP contribution in [0.2, 0.25) is 10.0 Å². The molecule has 1 aliphatic carbocycles. The molecule has 1 aromatic carbocycles. The van der Waals surface area contributed by atoms with Gasteiger partial charge in [0.15, 0.2) is 0 Å². The molecule has 0 saturated heterocycles. The van der Waals surface area contributed by atoms with Gasteiger partial charge < -0.3 is 5.32 Å². The fraction of sp³-hybridized carbons (Fsp3) is 0.571. The molecule has 0 radical (unpaired) electrons. The maximum Gasteiger partial charge on any atom is 0.272 e. The Bertz CT molecular complexity index is 499. The Morgan fingerprint density at radius 1 is 1.35 bits per heavy atom. The Labute approximate surface area is 128 Å². The summed E-state index contributed by atoms with van der Waals surface area (Å²) in [6, 6.07) is 3.00. The third-order valence-electron chi connectivity index (χ3n) is 4.32. The highest BCUT2D eigenvalue weighted by Gasteiger charge is 2.32. The van der Waals surface area contributed by atoms with Gasteiger partial charge in [0.25, 0.3) is 5.69 Å². The molecule has 4 nitrogen and oxygen atoms in total. The molecule has 1 aromatic rings. The molecule has 0 bridgehead atoms. The minimum atomic E-state index is -0.493. The van der Waals surface area contributed by atoms with Crippen LogP contribution >= 0.6 is 23.2 Å². The van der Waals surface area contributed by atoms with Gasteiger partial charge in [0.2, 0.25) is 0 Å². The molecule has 2 rings (SSSR count). The summed E-state index contributed by atoms with van der Waals surface area (Å²) >= 11 is 12.2. The van der Waals surface area contributed by atoms with Crippen molar-refractivity contribution in [1.29, 1.82) is 0 Å². The topological polar surface area (TPSA) is 55.2 Å². The number of halogens is 2. The van der Waals surface area contributed by atoms with Gasteiger partial charge in [-0.15, -0.1) is 0 Å². The highest BCUT2D eigenvalue weighted by atomic mass is 35.5. The van der Waals surface area contributed by atoms with Crippen LogP contribution in [0.1, 0.15) is 33.1 Å². The Kier molecular flexibility index (Phi) is 4.76. The molecular formula is C14H18Cl2N2O2. The number of benzene rings is 1. The van der Waals surface area contributed by atoms with Gasteiger partial charge in [-0.05, 0) is 24.7 Å². The number of rotatable bonds is 4. The van der Waals surface area contributed by atoms with Crippen LogP contribution in [0.4, 0.5) is 11.4 Å². The second-order valence-electron chi connectivity index (χ2n) is 5.40. The predicted molar refractivity (Wildman–Crippen MR) is 82.7 cm³/mol. The quantitative estimate of drug-likeness (QED) is 0.618. The van der Waals surface area contributed by atoms with E-state index in [9.17, 15) is 10.1 Å². The normalized spacial score (nSPS) is 25.7. The summed E-state index contributed by atoms with van der Waals surface area (Å²) in [5.41, 5.74) is 0.518. The molecule has 0 spiro atoms. The SMILES string of the molecule is CCC1CCC(Nc2c(Cl)cc([N+](=O)[O-])cc2Cl)C1C. The minimum Gasteiger partial charge on any atom is -0.380 e. The number of nitro groups is 1. The summed E-state index contributed by atoms with van der Waals surface area (Å²) in [5, 5.41) is 14.7. The molecule has 0 aromatic heterocycles. The summed E-state index contributed by atoms with van der Waals surface area (Å²) < 4.78 is 0. The van der Waals surface area contributed by atoms with Crippen LogP contribution in [0.15, 0.2) is 12.1 Å². The summed E-state index contributed by atoms with van der Waals surface area (Å²) in [6.07, 6.45) is 3.43. The van der Waals surface area contributed by atoms with Gasteiger partial charge in [0.1, 0.15) is 0 Å². The fourth-order valence-electron chi connectivity index (χ4n) is 3.02. The molecule has 0 heterocycles. The van der Waals surface area contributed by atoms with E-state index in [1.165, 1.54) is 25.0 Å². The molecule has 20 heavy (non-hydrogen) atoms. The lowest BCUT2D eigenvalue weighted by atomic mass is 9.93. The molecule has 1 aliphatic rings. The third-order valence-corrected chi connectivity index (χ3v) is 4.91. The molecule has 110 valence electrons. The third kappa shape index (κ3) is 3.01. The van der Waals surface area contributed by atoms with E-state index >= 15 is 0 Å². The van der Waals surface area contributed by atoms with Crippen molar-refractivity contribution in [3.8, 4) is 0 Å². The van der Waals surface area contributed by atoms with E-state index < -0.39 is 4.92 Å². The lowest BCUT2D eigenvalue weighted by Crippen LogP contribution is -2.25. The van der Waals surface area contributed by atoms with Crippen molar-refractivity contribution in [2.75, 3.05) is 5.32 Å². The maximum absolute atomic E-state index is 10.8. The van der Waals surface area contributed by atoms with E-state index in [4.69, 9.17) is 23.2 Å². The zero-order valence-corrected chi connectivity index (χ0v) is 13.0. The molecular weight excluding hydrogens is 299 g/mol. The van der Waals surface area contributed by atoms with E-state index in [0.29, 0.717) is 33.6 Å². The van der Waals surface area contributed by atoms with Crippen molar-refractivity contribution in [3.05, 3.63) is 32.3 Å². The van der Waals surface area contributed by atoms with Crippen LogP contribution in [-0.2, 0) is 0 Å². The van der Waals surface area contributed by atoms with Crippen LogP contribution in [0.3, 0.4) is 0 Å². The highest BCUT2D eigenvalue weighted by molar-refractivity contribution is 6.39. The molecule has 1 saturated carbocycles. The summed E-state index contributed by atoms with van der Waals surface area (Å²) in [7, 11) is 0. The number of nitrogens with one attached hydrogen (secondary N) is 1. The van der Waals surface area contributed by atoms with Crippen LogP contribution in [0, 0.1) is 22.0 Å². The second-order valence-corrected chi connectivity index (χ2v) is 6.21. The first-order chi connectivity index (χ1) is 9.43. The Balaban J connectivity index is 2.20. The van der Waals surface area contributed by atoms with E-state index in [0.717, 1.165) is 6.42 Å². The van der Waals surface area contributed by atoms with Gasteiger partial charge >= 0.3 is 0 Å². The molecule has 0 aliphatic heterocycles. The van der Waals surface area contributed by atoms with Gasteiger partial charge in [-0.25, -0.2) is 0 Å². The summed E-state index contributed by atoms with van der Waals surface area (Å²) in [4.78, 5) is 10.3. The number of hydrogen-bond acceptors (Lipinski definition) is 3.